The van der Waals surface area contributed by atoms with Crippen LogP contribution in [0, 0.1) is 11.7 Å². The van der Waals surface area contributed by atoms with Gasteiger partial charge in [-0.1, -0.05) is 12.1 Å². The smallest absolute Gasteiger partial charge is 0.225 e. The van der Waals surface area contributed by atoms with Gasteiger partial charge in [-0.2, -0.15) is 0 Å². The number of sulfonamides is 1. The highest BCUT2D eigenvalue weighted by Crippen LogP contribution is 2.16. The van der Waals surface area contributed by atoms with Crippen LogP contribution in [-0.4, -0.2) is 63.0 Å². The molecular weight excluding hydrogens is 321 g/mol. The summed E-state index contributed by atoms with van der Waals surface area (Å²) in [5.74, 6) is -0.950. The molecule has 1 aromatic carbocycles. The first-order chi connectivity index (χ1) is 10.8. The van der Waals surface area contributed by atoms with E-state index in [-0.39, 0.29) is 18.3 Å². The maximum Gasteiger partial charge on any atom is 0.225 e. The molecule has 0 aliphatic carbocycles. The van der Waals surface area contributed by atoms with E-state index in [2.05, 4.69) is 5.32 Å². The summed E-state index contributed by atoms with van der Waals surface area (Å²) in [7, 11) is -1.82. The van der Waals surface area contributed by atoms with Crippen molar-refractivity contribution in [2.75, 3.05) is 39.5 Å². The highest BCUT2D eigenvalue weighted by atomic mass is 32.2. The number of amides is 1. The van der Waals surface area contributed by atoms with Crippen molar-refractivity contribution in [2.45, 2.75) is 6.54 Å². The first kappa shape index (κ1) is 17.8. The Morgan fingerprint density at radius 2 is 2.09 bits per heavy atom. The lowest BCUT2D eigenvalue weighted by Gasteiger charge is -2.23. The number of nitrogens with one attached hydrogen (secondary N) is 1. The molecule has 8 heteroatoms. The Hall–Kier alpha value is -1.51. The quantitative estimate of drug-likeness (QED) is 0.852. The minimum Gasteiger partial charge on any atom is -0.359 e. The van der Waals surface area contributed by atoms with E-state index < -0.39 is 15.9 Å². The molecule has 0 radical (unpaired) electrons. The number of hydrogen-bond donors (Lipinski definition) is 1. The fraction of sp³-hybridized carbons (Fsp3) is 0.533. The van der Waals surface area contributed by atoms with Crippen LogP contribution in [0.3, 0.4) is 0 Å². The van der Waals surface area contributed by atoms with Crippen LogP contribution < -0.4 is 5.32 Å². The Balaban J connectivity index is 2.16. The van der Waals surface area contributed by atoms with Gasteiger partial charge in [-0.25, -0.2) is 17.1 Å². The fourth-order valence-corrected chi connectivity index (χ4v) is 3.62. The van der Waals surface area contributed by atoms with Gasteiger partial charge in [-0.05, 0) is 17.7 Å². The van der Waals surface area contributed by atoms with Gasteiger partial charge >= 0.3 is 0 Å². The van der Waals surface area contributed by atoms with Crippen molar-refractivity contribution < 1.29 is 17.6 Å². The molecular formula is C15H22FN3O3S. The highest BCUT2D eigenvalue weighted by molar-refractivity contribution is 7.88. The van der Waals surface area contributed by atoms with E-state index in [1.807, 2.05) is 11.0 Å². The molecule has 23 heavy (non-hydrogen) atoms. The lowest BCUT2D eigenvalue weighted by atomic mass is 10.1. The Labute approximate surface area is 136 Å². The molecule has 1 heterocycles. The molecule has 1 saturated heterocycles. The summed E-state index contributed by atoms with van der Waals surface area (Å²) < 4.78 is 38.3. The number of carbonyl (C=O) groups excluding carboxylic acids is 1. The SMILES string of the molecule is CNC(=O)[C@H]1CN(Cc2cccc(F)c2)CCN(S(C)(=O)=O)C1. The van der Waals surface area contributed by atoms with E-state index in [1.165, 1.54) is 23.5 Å². The second-order valence-electron chi connectivity index (χ2n) is 5.80. The molecule has 1 N–H and O–H groups in total. The number of carbonyl (C=O) groups is 1. The Morgan fingerprint density at radius 3 is 2.70 bits per heavy atom. The highest BCUT2D eigenvalue weighted by Gasteiger charge is 2.31. The molecule has 1 atom stereocenters. The third kappa shape index (κ3) is 4.98. The van der Waals surface area contributed by atoms with Crippen LogP contribution in [0.25, 0.3) is 0 Å². The second-order valence-corrected chi connectivity index (χ2v) is 7.78. The largest absolute Gasteiger partial charge is 0.359 e. The number of benzene rings is 1. The maximum atomic E-state index is 13.3. The van der Waals surface area contributed by atoms with Crippen molar-refractivity contribution in [3.8, 4) is 0 Å². The van der Waals surface area contributed by atoms with Gasteiger partial charge in [-0.3, -0.25) is 9.69 Å². The van der Waals surface area contributed by atoms with Crippen molar-refractivity contribution in [2.24, 2.45) is 5.92 Å². The molecule has 6 nitrogen and oxygen atoms in total. The number of hydrogen-bond acceptors (Lipinski definition) is 4. The van der Waals surface area contributed by atoms with Gasteiger partial charge < -0.3 is 5.32 Å². The average Bonchev–Trinajstić information content (AvgIpc) is 2.69. The normalized spacial score (nSPS) is 20.9. The third-order valence-electron chi connectivity index (χ3n) is 3.95. The molecule has 1 amide bonds. The summed E-state index contributed by atoms with van der Waals surface area (Å²) in [5, 5.41) is 2.58. The van der Waals surface area contributed by atoms with Gasteiger partial charge in [0.15, 0.2) is 0 Å². The summed E-state index contributed by atoms with van der Waals surface area (Å²) in [6.07, 6.45) is 1.15. The standard InChI is InChI=1S/C15H22FN3O3S/c1-17-15(20)13-10-18(6-7-19(11-13)23(2,21)22)9-12-4-3-5-14(16)8-12/h3-5,8,13H,6-7,9-11H2,1-2H3,(H,17,20)/t13-/m0/s1. The topological polar surface area (TPSA) is 69.7 Å². The van der Waals surface area contributed by atoms with E-state index in [4.69, 9.17) is 0 Å². The van der Waals surface area contributed by atoms with Gasteiger partial charge in [0.1, 0.15) is 5.82 Å². The van der Waals surface area contributed by atoms with Gasteiger partial charge in [0.2, 0.25) is 15.9 Å². The Bertz CT molecular complexity index is 666. The summed E-state index contributed by atoms with van der Waals surface area (Å²) >= 11 is 0. The third-order valence-corrected chi connectivity index (χ3v) is 5.22. The molecule has 1 aromatic rings. The summed E-state index contributed by atoms with van der Waals surface area (Å²) in [6.45, 7) is 1.89. The minimum atomic E-state index is -3.36. The van der Waals surface area contributed by atoms with Crippen LogP contribution in [0.15, 0.2) is 24.3 Å². The number of halogens is 1. The summed E-state index contributed by atoms with van der Waals surface area (Å²) in [4.78, 5) is 14.0. The van der Waals surface area contributed by atoms with Crippen molar-refractivity contribution in [1.29, 1.82) is 0 Å². The van der Waals surface area contributed by atoms with Gasteiger partial charge in [-0.15, -0.1) is 0 Å². The van der Waals surface area contributed by atoms with E-state index in [9.17, 15) is 17.6 Å². The minimum absolute atomic E-state index is 0.165. The van der Waals surface area contributed by atoms with Crippen LogP contribution >= 0.6 is 0 Å². The van der Waals surface area contributed by atoms with Crippen LogP contribution in [-0.2, 0) is 21.4 Å². The van der Waals surface area contributed by atoms with E-state index >= 15 is 0 Å². The Morgan fingerprint density at radius 1 is 1.35 bits per heavy atom. The van der Waals surface area contributed by atoms with Crippen LogP contribution in [0.1, 0.15) is 5.56 Å². The van der Waals surface area contributed by atoms with Crippen molar-refractivity contribution >= 4 is 15.9 Å². The molecule has 0 aromatic heterocycles. The van der Waals surface area contributed by atoms with E-state index in [0.29, 0.717) is 26.2 Å². The molecule has 2 rings (SSSR count). The van der Waals surface area contributed by atoms with Gasteiger partial charge in [0.05, 0.1) is 12.2 Å². The van der Waals surface area contributed by atoms with Crippen molar-refractivity contribution in [3.05, 3.63) is 35.6 Å². The fourth-order valence-electron chi connectivity index (χ4n) is 2.76. The van der Waals surface area contributed by atoms with Crippen molar-refractivity contribution in [1.82, 2.24) is 14.5 Å². The maximum absolute atomic E-state index is 13.3. The van der Waals surface area contributed by atoms with Gasteiger partial charge in [0, 0.05) is 39.8 Å². The molecule has 0 unspecified atom stereocenters. The van der Waals surface area contributed by atoms with E-state index in [1.54, 1.807) is 6.07 Å². The summed E-state index contributed by atoms with van der Waals surface area (Å²) in [6, 6.07) is 6.29. The molecule has 0 spiro atoms. The zero-order valence-electron chi connectivity index (χ0n) is 13.3. The van der Waals surface area contributed by atoms with Crippen LogP contribution in [0.2, 0.25) is 0 Å². The molecule has 1 fully saturated rings. The van der Waals surface area contributed by atoms with Crippen LogP contribution in [0.4, 0.5) is 4.39 Å². The average molecular weight is 343 g/mol. The molecule has 128 valence electrons. The lowest BCUT2D eigenvalue weighted by Crippen LogP contribution is -2.41. The summed E-state index contributed by atoms with van der Waals surface area (Å²) in [5.41, 5.74) is 0.800. The van der Waals surface area contributed by atoms with Gasteiger partial charge in [0.25, 0.3) is 0 Å². The molecule has 0 bridgehead atoms. The first-order valence-corrected chi connectivity index (χ1v) is 9.28. The van der Waals surface area contributed by atoms with E-state index in [0.717, 1.165) is 11.8 Å². The first-order valence-electron chi connectivity index (χ1n) is 7.43. The van der Waals surface area contributed by atoms with Crippen LogP contribution in [0.5, 0.6) is 0 Å². The zero-order valence-corrected chi connectivity index (χ0v) is 14.1. The van der Waals surface area contributed by atoms with Crippen molar-refractivity contribution in [3.63, 3.8) is 0 Å². The zero-order chi connectivity index (χ0) is 17.0. The predicted octanol–water partition coefficient (Wildman–Crippen LogP) is 0.265. The lowest BCUT2D eigenvalue weighted by molar-refractivity contribution is -0.125. The molecule has 1 aliphatic heterocycles. The molecule has 1 aliphatic rings. The monoisotopic (exact) mass is 343 g/mol. The second kappa shape index (κ2) is 7.37. The Kier molecular flexibility index (Phi) is 5.72. The predicted molar refractivity (Wildman–Crippen MR) is 85.7 cm³/mol. The number of rotatable bonds is 4. The number of nitrogens with zero attached hydrogens (tertiary/aromatic N) is 2. The molecule has 0 saturated carbocycles.